The Kier molecular flexibility index (Phi) is 13.1. The van der Waals surface area contributed by atoms with E-state index in [0.717, 1.165) is 31.0 Å². The summed E-state index contributed by atoms with van der Waals surface area (Å²) < 4.78 is 27.3. The molecule has 0 aliphatic rings. The molecule has 0 rings (SSSR count). The molecule has 156 valence electrons. The summed E-state index contributed by atoms with van der Waals surface area (Å²) in [6, 6.07) is 0. The molecule has 0 aromatic carbocycles. The lowest BCUT2D eigenvalue weighted by molar-refractivity contribution is -0.153. The number of rotatable bonds is 15. The predicted molar refractivity (Wildman–Crippen MR) is 106 cm³/mol. The monoisotopic (exact) mass is 413 g/mol. The van der Waals surface area contributed by atoms with Crippen molar-refractivity contribution in [3.05, 3.63) is 0 Å². The third-order valence-corrected chi connectivity index (χ3v) is 7.21. The first-order valence-electron chi connectivity index (χ1n) is 9.12. The molecule has 0 aromatic rings. The summed E-state index contributed by atoms with van der Waals surface area (Å²) in [6.45, 7) is 8.98. The van der Waals surface area contributed by atoms with Crippen LogP contribution in [0.4, 0.5) is 0 Å². The van der Waals surface area contributed by atoms with Crippen LogP contribution in [0.1, 0.15) is 47.5 Å². The zero-order valence-electron chi connectivity index (χ0n) is 17.0. The second kappa shape index (κ2) is 13.1. The van der Waals surface area contributed by atoms with Crippen LogP contribution in [0.3, 0.4) is 0 Å². The van der Waals surface area contributed by atoms with Crippen molar-refractivity contribution in [1.82, 2.24) is 4.90 Å². The molecule has 0 aliphatic heterocycles. The molecule has 0 radical (unpaired) electrons. The maximum absolute atomic E-state index is 12.3. The van der Waals surface area contributed by atoms with Gasteiger partial charge in [-0.05, 0) is 58.1 Å². The summed E-state index contributed by atoms with van der Waals surface area (Å²) in [6.07, 6.45) is 1.05. The van der Waals surface area contributed by atoms with Crippen molar-refractivity contribution in [2.24, 2.45) is 5.41 Å². The molecule has 1 unspecified atom stereocenters. The lowest BCUT2D eigenvalue weighted by atomic mass is 9.89. The molecule has 0 spiro atoms. The van der Waals surface area contributed by atoms with Crippen LogP contribution in [0.15, 0.2) is 0 Å². The standard InChI is InChI=1S/C17H36NO6PS/c1-7-15(3)24-25(20,21)26-14-13-23-16(19)17(4,5)9-10-18(8-2)11-12-22-6/h15H,7-14H2,1-6H3,(H,20,21)/t15-/m1/s1. The van der Waals surface area contributed by atoms with Crippen molar-refractivity contribution in [1.29, 1.82) is 0 Å². The summed E-state index contributed by atoms with van der Waals surface area (Å²) in [4.78, 5) is 24.2. The molecule has 0 aromatic heterocycles. The molecular weight excluding hydrogens is 377 g/mol. The average molecular weight is 414 g/mol. The van der Waals surface area contributed by atoms with E-state index >= 15 is 0 Å². The van der Waals surface area contributed by atoms with Crippen molar-refractivity contribution in [3.63, 3.8) is 0 Å². The number of hydrogen-bond donors (Lipinski definition) is 1. The molecule has 0 aliphatic carbocycles. The normalized spacial score (nSPS) is 15.7. The van der Waals surface area contributed by atoms with Crippen molar-refractivity contribution in [2.45, 2.75) is 53.6 Å². The SMILES string of the molecule is CC[C@@H](C)OP(=O)(O)SCCOC(=O)C(C)(C)CCN(CC)CCOC. The van der Waals surface area contributed by atoms with Gasteiger partial charge in [-0.15, -0.1) is 0 Å². The second-order valence-electron chi connectivity index (χ2n) is 6.82. The highest BCUT2D eigenvalue weighted by atomic mass is 32.7. The molecule has 0 fully saturated rings. The van der Waals surface area contributed by atoms with Crippen LogP contribution in [0.5, 0.6) is 0 Å². The Morgan fingerprint density at radius 2 is 1.92 bits per heavy atom. The molecule has 1 N–H and O–H groups in total. The highest BCUT2D eigenvalue weighted by Gasteiger charge is 2.30. The van der Waals surface area contributed by atoms with Crippen LogP contribution >= 0.6 is 18.2 Å². The molecule has 0 heterocycles. The second-order valence-corrected chi connectivity index (χ2v) is 10.8. The number of ether oxygens (including phenoxy) is 2. The summed E-state index contributed by atoms with van der Waals surface area (Å²) in [5.74, 6) is -0.0717. The Hall–Kier alpha value is -0.110. The number of carbonyl (C=O) groups is 1. The molecule has 0 saturated carbocycles. The van der Waals surface area contributed by atoms with Gasteiger partial charge in [-0.25, -0.2) is 4.57 Å². The van der Waals surface area contributed by atoms with E-state index in [1.165, 1.54) is 0 Å². The first-order valence-corrected chi connectivity index (χ1v) is 12.3. The van der Waals surface area contributed by atoms with Crippen molar-refractivity contribution >= 4 is 24.1 Å². The molecule has 2 atom stereocenters. The molecule has 0 saturated heterocycles. The van der Waals surface area contributed by atoms with Gasteiger partial charge in [0.05, 0.1) is 18.1 Å². The third kappa shape index (κ3) is 11.6. The van der Waals surface area contributed by atoms with Gasteiger partial charge in [0.2, 0.25) is 0 Å². The molecule has 9 heteroatoms. The number of methoxy groups -OCH3 is 1. The van der Waals surface area contributed by atoms with Gasteiger partial charge in [-0.1, -0.05) is 13.8 Å². The minimum absolute atomic E-state index is 0.0858. The zero-order valence-corrected chi connectivity index (χ0v) is 18.7. The number of nitrogens with zero attached hydrogens (tertiary/aromatic N) is 1. The summed E-state index contributed by atoms with van der Waals surface area (Å²) in [5, 5.41) is 0. The number of likely N-dealkylation sites (N-methyl/N-ethyl adjacent to an activating group) is 1. The number of esters is 1. The first kappa shape index (κ1) is 25.9. The smallest absolute Gasteiger partial charge is 0.386 e. The van der Waals surface area contributed by atoms with Gasteiger partial charge in [0.15, 0.2) is 0 Å². The fourth-order valence-corrected chi connectivity index (χ4v) is 4.60. The molecular formula is C17H36NO6PS. The lowest BCUT2D eigenvalue weighted by Gasteiger charge is -2.27. The van der Waals surface area contributed by atoms with Crippen LogP contribution in [-0.4, -0.2) is 67.6 Å². The van der Waals surface area contributed by atoms with Gasteiger partial charge < -0.3 is 19.3 Å². The highest BCUT2D eigenvalue weighted by Crippen LogP contribution is 2.56. The van der Waals surface area contributed by atoms with Gasteiger partial charge in [-0.3, -0.25) is 9.32 Å². The van der Waals surface area contributed by atoms with Gasteiger partial charge in [0.1, 0.15) is 6.61 Å². The highest BCUT2D eigenvalue weighted by molar-refractivity contribution is 8.54. The van der Waals surface area contributed by atoms with E-state index < -0.39 is 12.2 Å². The molecule has 7 nitrogen and oxygen atoms in total. The number of hydrogen-bond acceptors (Lipinski definition) is 7. The maximum Gasteiger partial charge on any atom is 0.386 e. The van der Waals surface area contributed by atoms with E-state index in [0.29, 0.717) is 19.4 Å². The minimum atomic E-state index is -3.70. The van der Waals surface area contributed by atoms with Gasteiger partial charge >= 0.3 is 12.8 Å². The van der Waals surface area contributed by atoms with Gasteiger partial charge in [-0.2, -0.15) is 0 Å². The van der Waals surface area contributed by atoms with Crippen LogP contribution in [0.25, 0.3) is 0 Å². The van der Waals surface area contributed by atoms with Crippen LogP contribution in [-0.2, 0) is 23.4 Å². The van der Waals surface area contributed by atoms with Gasteiger partial charge in [0.25, 0.3) is 0 Å². The van der Waals surface area contributed by atoms with E-state index in [4.69, 9.17) is 14.0 Å². The van der Waals surface area contributed by atoms with Gasteiger partial charge in [0, 0.05) is 19.4 Å². The van der Waals surface area contributed by atoms with Crippen molar-refractivity contribution in [3.8, 4) is 0 Å². The predicted octanol–water partition coefficient (Wildman–Crippen LogP) is 3.56. The van der Waals surface area contributed by atoms with E-state index in [1.807, 2.05) is 20.8 Å². The Morgan fingerprint density at radius 1 is 1.27 bits per heavy atom. The quantitative estimate of drug-likeness (QED) is 0.248. The van der Waals surface area contributed by atoms with Crippen molar-refractivity contribution in [2.75, 3.05) is 45.7 Å². The summed E-state index contributed by atoms with van der Waals surface area (Å²) in [7, 11) is 1.67. The Bertz CT molecular complexity index is 449. The van der Waals surface area contributed by atoms with E-state index in [9.17, 15) is 14.3 Å². The van der Waals surface area contributed by atoms with Crippen LogP contribution in [0, 0.1) is 5.41 Å². The Morgan fingerprint density at radius 3 is 2.46 bits per heavy atom. The zero-order chi connectivity index (χ0) is 20.2. The van der Waals surface area contributed by atoms with Crippen molar-refractivity contribution < 1.29 is 28.3 Å². The maximum atomic E-state index is 12.3. The summed E-state index contributed by atoms with van der Waals surface area (Å²) in [5.41, 5.74) is -0.610. The molecule has 0 bridgehead atoms. The Labute approximate surface area is 162 Å². The first-order chi connectivity index (χ1) is 12.1. The summed E-state index contributed by atoms with van der Waals surface area (Å²) >= 11 is 0.796. The van der Waals surface area contributed by atoms with E-state index in [1.54, 1.807) is 14.0 Å². The Balaban J connectivity index is 4.22. The fraction of sp³-hybridized carbons (Fsp3) is 0.941. The van der Waals surface area contributed by atoms with E-state index in [-0.39, 0.29) is 24.4 Å². The molecule has 26 heavy (non-hydrogen) atoms. The third-order valence-electron chi connectivity index (χ3n) is 4.12. The fourth-order valence-electron chi connectivity index (χ4n) is 2.00. The molecule has 0 amide bonds. The topological polar surface area (TPSA) is 85.3 Å². The number of carbonyl (C=O) groups excluding carboxylic acids is 1. The largest absolute Gasteiger partial charge is 0.464 e. The van der Waals surface area contributed by atoms with Crippen LogP contribution in [0.2, 0.25) is 0 Å². The average Bonchev–Trinajstić information content (AvgIpc) is 2.58. The van der Waals surface area contributed by atoms with Crippen LogP contribution < -0.4 is 0 Å². The van der Waals surface area contributed by atoms with E-state index in [2.05, 4.69) is 11.8 Å². The minimum Gasteiger partial charge on any atom is -0.464 e. The lowest BCUT2D eigenvalue weighted by Crippen LogP contribution is -2.35.